The largest absolute Gasteiger partial charge is 0.494 e. The molecule has 1 aromatic carbocycles. The maximum absolute atomic E-state index is 12.9. The first-order valence-corrected chi connectivity index (χ1v) is 10.5. The van der Waals surface area contributed by atoms with Crippen molar-refractivity contribution < 1.29 is 17.9 Å². The molecule has 1 aliphatic rings. The summed E-state index contributed by atoms with van der Waals surface area (Å²) < 4.78 is 38.8. The molecule has 27 heavy (non-hydrogen) atoms. The highest BCUT2D eigenvalue weighted by Gasteiger charge is 2.30. The summed E-state index contributed by atoms with van der Waals surface area (Å²) >= 11 is 0. The van der Waals surface area contributed by atoms with Crippen LogP contribution in [0.5, 0.6) is 11.6 Å². The van der Waals surface area contributed by atoms with Gasteiger partial charge in [-0.2, -0.15) is 9.29 Å². The van der Waals surface area contributed by atoms with E-state index >= 15 is 0 Å². The first kappa shape index (κ1) is 19.6. The van der Waals surface area contributed by atoms with E-state index < -0.39 is 10.0 Å². The van der Waals surface area contributed by atoms with Crippen LogP contribution in [0.3, 0.4) is 0 Å². The molecule has 0 bridgehead atoms. The quantitative estimate of drug-likeness (QED) is 0.753. The standard InChI is InChI=1S/C19H25N3O4S/c1-4-25-18-6-5-17(13-14(18)2)27(23,24)22-11-8-16(9-12-22)26-19-7-10-20-15(3)21-19/h5-7,10,13,16H,4,8-9,11-12H2,1-3H3. The molecule has 0 saturated carbocycles. The van der Waals surface area contributed by atoms with Gasteiger partial charge in [0.1, 0.15) is 17.7 Å². The minimum absolute atomic E-state index is 0.0483. The van der Waals surface area contributed by atoms with Crippen LogP contribution in [-0.4, -0.2) is 48.5 Å². The molecule has 2 heterocycles. The van der Waals surface area contributed by atoms with Crippen LogP contribution in [0, 0.1) is 13.8 Å². The number of aryl methyl sites for hydroxylation is 2. The van der Waals surface area contributed by atoms with Gasteiger partial charge < -0.3 is 9.47 Å². The average molecular weight is 391 g/mol. The second kappa shape index (κ2) is 8.22. The van der Waals surface area contributed by atoms with Gasteiger partial charge in [0.15, 0.2) is 0 Å². The molecule has 0 aliphatic carbocycles. The third kappa shape index (κ3) is 4.56. The summed E-state index contributed by atoms with van der Waals surface area (Å²) in [5.41, 5.74) is 0.815. The fraction of sp³-hybridized carbons (Fsp3) is 0.474. The predicted octanol–water partition coefficient (Wildman–Crippen LogP) is 2.72. The second-order valence-electron chi connectivity index (χ2n) is 6.52. The van der Waals surface area contributed by atoms with Gasteiger partial charge in [0.25, 0.3) is 0 Å². The van der Waals surface area contributed by atoms with Gasteiger partial charge in [-0.25, -0.2) is 13.4 Å². The van der Waals surface area contributed by atoms with E-state index in [1.807, 2.05) is 13.8 Å². The van der Waals surface area contributed by atoms with Crippen LogP contribution in [0.15, 0.2) is 35.4 Å². The van der Waals surface area contributed by atoms with Crippen LogP contribution >= 0.6 is 0 Å². The first-order valence-electron chi connectivity index (χ1n) is 9.10. The van der Waals surface area contributed by atoms with Crippen molar-refractivity contribution in [3.63, 3.8) is 0 Å². The van der Waals surface area contributed by atoms with Crippen molar-refractivity contribution in [2.24, 2.45) is 0 Å². The Hall–Kier alpha value is -2.19. The Kier molecular flexibility index (Phi) is 5.96. The van der Waals surface area contributed by atoms with E-state index in [0.717, 1.165) is 5.56 Å². The van der Waals surface area contributed by atoms with Gasteiger partial charge in [-0.15, -0.1) is 0 Å². The van der Waals surface area contributed by atoms with E-state index in [9.17, 15) is 8.42 Å². The zero-order chi connectivity index (χ0) is 19.4. The molecule has 0 unspecified atom stereocenters. The Morgan fingerprint density at radius 3 is 2.56 bits per heavy atom. The molecule has 0 N–H and O–H groups in total. The number of nitrogens with zero attached hydrogens (tertiary/aromatic N) is 3. The van der Waals surface area contributed by atoms with E-state index in [2.05, 4.69) is 9.97 Å². The minimum Gasteiger partial charge on any atom is -0.494 e. The molecule has 0 atom stereocenters. The molecule has 146 valence electrons. The fourth-order valence-electron chi connectivity index (χ4n) is 3.11. The zero-order valence-corrected chi connectivity index (χ0v) is 16.7. The van der Waals surface area contributed by atoms with Crippen molar-refractivity contribution in [1.82, 2.24) is 14.3 Å². The van der Waals surface area contributed by atoms with Gasteiger partial charge in [-0.05, 0) is 57.4 Å². The molecule has 1 saturated heterocycles. The summed E-state index contributed by atoms with van der Waals surface area (Å²) in [5, 5.41) is 0. The number of aromatic nitrogens is 2. The first-order chi connectivity index (χ1) is 12.9. The summed E-state index contributed by atoms with van der Waals surface area (Å²) in [6, 6.07) is 6.73. The summed E-state index contributed by atoms with van der Waals surface area (Å²) in [5.74, 6) is 1.90. The van der Waals surface area contributed by atoms with E-state index in [4.69, 9.17) is 9.47 Å². The van der Waals surface area contributed by atoms with Crippen molar-refractivity contribution in [2.45, 2.75) is 44.6 Å². The minimum atomic E-state index is -3.52. The monoisotopic (exact) mass is 391 g/mol. The lowest BCUT2D eigenvalue weighted by molar-refractivity contribution is 0.129. The zero-order valence-electron chi connectivity index (χ0n) is 15.9. The lowest BCUT2D eigenvalue weighted by Gasteiger charge is -2.31. The number of sulfonamides is 1. The van der Waals surface area contributed by atoms with Gasteiger partial charge in [-0.1, -0.05) is 0 Å². The molecule has 1 fully saturated rings. The number of ether oxygens (including phenoxy) is 2. The molecule has 0 amide bonds. The van der Waals surface area contributed by atoms with Crippen molar-refractivity contribution >= 4 is 10.0 Å². The molecule has 1 aromatic heterocycles. The molecular weight excluding hydrogens is 366 g/mol. The van der Waals surface area contributed by atoms with Gasteiger partial charge in [0, 0.05) is 25.4 Å². The number of hydrogen-bond acceptors (Lipinski definition) is 6. The van der Waals surface area contributed by atoms with Gasteiger partial charge >= 0.3 is 0 Å². The van der Waals surface area contributed by atoms with E-state index in [0.29, 0.717) is 54.9 Å². The maximum Gasteiger partial charge on any atom is 0.243 e. The van der Waals surface area contributed by atoms with Gasteiger partial charge in [0.2, 0.25) is 15.9 Å². The molecule has 0 spiro atoms. The van der Waals surface area contributed by atoms with Crippen LogP contribution in [0.2, 0.25) is 0 Å². The lowest BCUT2D eigenvalue weighted by Crippen LogP contribution is -2.41. The second-order valence-corrected chi connectivity index (χ2v) is 8.46. The van der Waals surface area contributed by atoms with Crippen molar-refractivity contribution in [1.29, 1.82) is 0 Å². The Morgan fingerprint density at radius 2 is 1.93 bits per heavy atom. The van der Waals surface area contributed by atoms with Crippen molar-refractivity contribution in [2.75, 3.05) is 19.7 Å². The fourth-order valence-corrected chi connectivity index (χ4v) is 4.67. The van der Waals surface area contributed by atoms with Gasteiger partial charge in [0.05, 0.1) is 11.5 Å². The molecule has 2 aromatic rings. The van der Waals surface area contributed by atoms with Crippen LogP contribution in [-0.2, 0) is 10.0 Å². The molecular formula is C19H25N3O4S. The molecule has 3 rings (SSSR count). The van der Waals surface area contributed by atoms with E-state index in [-0.39, 0.29) is 6.10 Å². The smallest absolute Gasteiger partial charge is 0.243 e. The Morgan fingerprint density at radius 1 is 1.19 bits per heavy atom. The van der Waals surface area contributed by atoms with Crippen LogP contribution in [0.25, 0.3) is 0 Å². The SMILES string of the molecule is CCOc1ccc(S(=O)(=O)N2CCC(Oc3ccnc(C)n3)CC2)cc1C. The highest BCUT2D eigenvalue weighted by atomic mass is 32.2. The molecule has 0 radical (unpaired) electrons. The number of benzene rings is 1. The normalized spacial score (nSPS) is 16.3. The third-order valence-corrected chi connectivity index (χ3v) is 6.42. The highest BCUT2D eigenvalue weighted by molar-refractivity contribution is 7.89. The van der Waals surface area contributed by atoms with Crippen LogP contribution < -0.4 is 9.47 Å². The summed E-state index contributed by atoms with van der Waals surface area (Å²) in [4.78, 5) is 8.59. The Labute approximate surface area is 160 Å². The summed E-state index contributed by atoms with van der Waals surface area (Å²) in [6.45, 7) is 6.95. The summed E-state index contributed by atoms with van der Waals surface area (Å²) in [6.07, 6.45) is 2.86. The number of hydrogen-bond donors (Lipinski definition) is 0. The van der Waals surface area contributed by atoms with Crippen LogP contribution in [0.4, 0.5) is 0 Å². The number of piperidine rings is 1. The van der Waals surface area contributed by atoms with E-state index in [1.54, 1.807) is 37.4 Å². The molecule has 1 aliphatic heterocycles. The maximum atomic E-state index is 12.9. The van der Waals surface area contributed by atoms with Crippen molar-refractivity contribution in [3.8, 4) is 11.6 Å². The predicted molar refractivity (Wildman–Crippen MR) is 102 cm³/mol. The molecule has 8 heteroatoms. The number of rotatable bonds is 6. The van der Waals surface area contributed by atoms with Crippen molar-refractivity contribution in [3.05, 3.63) is 41.9 Å². The molecule has 7 nitrogen and oxygen atoms in total. The van der Waals surface area contributed by atoms with Crippen LogP contribution in [0.1, 0.15) is 31.2 Å². The Bertz CT molecular complexity index is 894. The van der Waals surface area contributed by atoms with Gasteiger partial charge in [-0.3, -0.25) is 0 Å². The topological polar surface area (TPSA) is 81.6 Å². The average Bonchev–Trinajstić information content (AvgIpc) is 2.64. The summed E-state index contributed by atoms with van der Waals surface area (Å²) in [7, 11) is -3.52. The Balaban J connectivity index is 1.65. The highest BCUT2D eigenvalue weighted by Crippen LogP contribution is 2.26. The van der Waals surface area contributed by atoms with E-state index in [1.165, 1.54) is 4.31 Å². The lowest BCUT2D eigenvalue weighted by atomic mass is 10.1. The third-order valence-electron chi connectivity index (χ3n) is 4.52.